The van der Waals surface area contributed by atoms with Crippen LogP contribution in [0.2, 0.25) is 0 Å². The molecule has 0 rings (SSSR count). The number of phosphoric acid groups is 2. The Balaban J connectivity index is 5.23. The van der Waals surface area contributed by atoms with Gasteiger partial charge in [0, 0.05) is 25.7 Å². The van der Waals surface area contributed by atoms with Crippen molar-refractivity contribution in [2.75, 3.05) is 39.6 Å². The molecule has 2 unspecified atom stereocenters. The number of aliphatic hydroxyl groups excluding tert-OH is 1. The third kappa shape index (κ3) is 64.8. The maximum Gasteiger partial charge on any atom is 0.472 e. The second-order valence-corrected chi connectivity index (χ2v) is 30.0. The van der Waals surface area contributed by atoms with Crippen LogP contribution in [0.3, 0.4) is 0 Å². The molecule has 0 amide bonds. The number of carbonyl (C=O) groups is 4. The largest absolute Gasteiger partial charge is 0.472 e. The minimum atomic E-state index is -4.95. The summed E-state index contributed by atoms with van der Waals surface area (Å²) in [5.74, 6) is 0.0690. The van der Waals surface area contributed by atoms with E-state index >= 15 is 0 Å². The number of aliphatic hydroxyl groups is 1. The maximum atomic E-state index is 13.0. The Morgan fingerprint density at radius 1 is 0.300 bits per heavy atom. The van der Waals surface area contributed by atoms with Crippen LogP contribution in [0, 0.1) is 17.8 Å². The molecule has 0 heterocycles. The highest BCUT2D eigenvalue weighted by molar-refractivity contribution is 7.47. The third-order valence-electron chi connectivity index (χ3n) is 16.4. The third-order valence-corrected chi connectivity index (χ3v) is 18.3. The zero-order chi connectivity index (χ0) is 66.6. The molecular formula is C71H138O17P2. The summed E-state index contributed by atoms with van der Waals surface area (Å²) in [7, 11) is -9.90. The molecule has 5 atom stereocenters. The van der Waals surface area contributed by atoms with Crippen LogP contribution in [0.5, 0.6) is 0 Å². The quantitative estimate of drug-likeness (QED) is 0.0222. The van der Waals surface area contributed by atoms with E-state index in [4.69, 9.17) is 37.0 Å². The van der Waals surface area contributed by atoms with E-state index in [1.54, 1.807) is 0 Å². The average Bonchev–Trinajstić information content (AvgIpc) is 2.88. The van der Waals surface area contributed by atoms with Gasteiger partial charge in [-0.2, -0.15) is 0 Å². The first-order valence-electron chi connectivity index (χ1n) is 36.8. The summed E-state index contributed by atoms with van der Waals surface area (Å²) in [5, 5.41) is 10.6. The first kappa shape index (κ1) is 88.1. The molecule has 0 aromatic carbocycles. The molecule has 0 aromatic rings. The van der Waals surface area contributed by atoms with Crippen LogP contribution in [0.4, 0.5) is 0 Å². The Hall–Kier alpha value is -1.94. The molecule has 0 saturated heterocycles. The molecule has 0 spiro atoms. The number of hydrogen-bond donors (Lipinski definition) is 3. The number of ether oxygens (including phenoxy) is 4. The minimum absolute atomic E-state index is 0.103. The summed E-state index contributed by atoms with van der Waals surface area (Å²) in [6, 6.07) is 0. The van der Waals surface area contributed by atoms with Crippen molar-refractivity contribution in [1.29, 1.82) is 0 Å². The number of phosphoric ester groups is 2. The van der Waals surface area contributed by atoms with Crippen molar-refractivity contribution in [1.82, 2.24) is 0 Å². The van der Waals surface area contributed by atoms with Gasteiger partial charge in [-0.1, -0.05) is 305 Å². The lowest BCUT2D eigenvalue weighted by Crippen LogP contribution is -2.30. The van der Waals surface area contributed by atoms with Gasteiger partial charge in [-0.15, -0.1) is 0 Å². The van der Waals surface area contributed by atoms with E-state index in [0.717, 1.165) is 102 Å². The highest BCUT2D eigenvalue weighted by Gasteiger charge is 2.30. The molecule has 3 N–H and O–H groups in total. The fourth-order valence-corrected chi connectivity index (χ4v) is 12.3. The molecule has 0 radical (unpaired) electrons. The summed E-state index contributed by atoms with van der Waals surface area (Å²) in [6.07, 6.45) is 46.0. The monoisotopic (exact) mass is 1320 g/mol. The molecule has 0 aliphatic heterocycles. The Kier molecular flexibility index (Phi) is 60.6. The van der Waals surface area contributed by atoms with E-state index in [-0.39, 0.29) is 25.7 Å². The van der Waals surface area contributed by atoms with Crippen LogP contribution in [0.25, 0.3) is 0 Å². The van der Waals surface area contributed by atoms with Gasteiger partial charge in [0.05, 0.1) is 26.4 Å². The van der Waals surface area contributed by atoms with Gasteiger partial charge >= 0.3 is 39.5 Å². The molecule has 0 aliphatic rings. The number of unbranched alkanes of at least 4 members (excludes halogenated alkanes) is 37. The van der Waals surface area contributed by atoms with Gasteiger partial charge in [0.1, 0.15) is 19.3 Å². The molecule has 0 fully saturated rings. The zero-order valence-corrected chi connectivity index (χ0v) is 60.4. The van der Waals surface area contributed by atoms with Gasteiger partial charge in [-0.3, -0.25) is 37.3 Å². The highest BCUT2D eigenvalue weighted by atomic mass is 31.2. The number of esters is 4. The topological polar surface area (TPSA) is 237 Å². The van der Waals surface area contributed by atoms with Gasteiger partial charge in [0.15, 0.2) is 12.2 Å². The Labute approximate surface area is 549 Å². The van der Waals surface area contributed by atoms with E-state index in [1.165, 1.54) is 161 Å². The molecular weight excluding hydrogens is 1190 g/mol. The molecule has 17 nitrogen and oxygen atoms in total. The number of hydrogen-bond acceptors (Lipinski definition) is 15. The average molecular weight is 1330 g/mol. The SMILES string of the molecule is CCCCCCCCCCCCCCCC(=O)OC[C@H](COP(=O)(O)OC[C@@H](O)COP(=O)(O)OC[C@@H](COC(=O)CCCCCCCCCC(C)C)OC(=O)CCCCCCCCCC(C)C)OC(=O)CCCCCCCCCCCCCCCCC(C)C. The summed E-state index contributed by atoms with van der Waals surface area (Å²) < 4.78 is 68.3. The van der Waals surface area contributed by atoms with Crippen molar-refractivity contribution in [3.63, 3.8) is 0 Å². The van der Waals surface area contributed by atoms with Crippen molar-refractivity contribution in [3.8, 4) is 0 Å². The number of carbonyl (C=O) groups excluding carboxylic acids is 4. The van der Waals surface area contributed by atoms with Crippen LogP contribution < -0.4 is 0 Å². The van der Waals surface area contributed by atoms with E-state index in [9.17, 15) is 43.2 Å². The van der Waals surface area contributed by atoms with Crippen LogP contribution in [0.15, 0.2) is 0 Å². The van der Waals surface area contributed by atoms with Crippen LogP contribution in [0.1, 0.15) is 357 Å². The predicted octanol–water partition coefficient (Wildman–Crippen LogP) is 20.2. The molecule has 534 valence electrons. The zero-order valence-electron chi connectivity index (χ0n) is 58.6. The molecule has 90 heavy (non-hydrogen) atoms. The Bertz CT molecular complexity index is 1770. The van der Waals surface area contributed by atoms with Gasteiger partial charge in [0.2, 0.25) is 0 Å². The first-order chi connectivity index (χ1) is 43.2. The van der Waals surface area contributed by atoms with Crippen molar-refractivity contribution in [3.05, 3.63) is 0 Å². The lowest BCUT2D eigenvalue weighted by Gasteiger charge is -2.21. The van der Waals surface area contributed by atoms with Crippen LogP contribution in [-0.4, -0.2) is 96.7 Å². The van der Waals surface area contributed by atoms with E-state index in [1.807, 2.05) is 0 Å². The fraction of sp³-hybridized carbons (Fsp3) is 0.944. The lowest BCUT2D eigenvalue weighted by atomic mass is 10.0. The maximum absolute atomic E-state index is 13.0. The lowest BCUT2D eigenvalue weighted by molar-refractivity contribution is -0.161. The Morgan fingerprint density at radius 3 is 0.756 bits per heavy atom. The van der Waals surface area contributed by atoms with Crippen molar-refractivity contribution in [2.45, 2.75) is 375 Å². The molecule has 19 heteroatoms. The molecule has 0 aliphatic carbocycles. The van der Waals surface area contributed by atoms with Gasteiger partial charge in [0.25, 0.3) is 0 Å². The normalized spacial score (nSPS) is 14.2. The van der Waals surface area contributed by atoms with Crippen LogP contribution in [-0.2, 0) is 65.4 Å². The van der Waals surface area contributed by atoms with Gasteiger partial charge in [-0.05, 0) is 43.4 Å². The smallest absolute Gasteiger partial charge is 0.462 e. The summed E-state index contributed by atoms with van der Waals surface area (Å²) >= 11 is 0. The van der Waals surface area contributed by atoms with Crippen LogP contribution >= 0.6 is 15.6 Å². The summed E-state index contributed by atoms with van der Waals surface area (Å²) in [4.78, 5) is 72.5. The van der Waals surface area contributed by atoms with E-state index < -0.39 is 97.5 Å². The van der Waals surface area contributed by atoms with Crippen molar-refractivity contribution in [2.24, 2.45) is 17.8 Å². The number of rotatable bonds is 69. The van der Waals surface area contributed by atoms with E-state index in [0.29, 0.717) is 37.5 Å². The standard InChI is InChI=1S/C71H138O17P2/c1-8-9-10-11-12-13-14-17-21-24-31-38-45-52-68(73)81-58-66(87-70(75)54-47-40-32-25-22-19-16-15-18-20-23-28-35-42-49-62(2)3)60-85-89(77,78)83-56-65(72)57-84-90(79,80)86-61-67(88-71(76)55-48-41-34-27-30-37-44-51-64(6)7)59-82-69(74)53-46-39-33-26-29-36-43-50-63(4)5/h62-67,72H,8-61H2,1-7H3,(H,77,78)(H,79,80)/t65-,66-,67-/m1/s1. The molecule has 0 bridgehead atoms. The second-order valence-electron chi connectivity index (χ2n) is 27.1. The molecule has 0 aromatic heterocycles. The van der Waals surface area contributed by atoms with E-state index in [2.05, 4.69) is 48.5 Å². The van der Waals surface area contributed by atoms with Crippen molar-refractivity contribution >= 4 is 39.5 Å². The van der Waals surface area contributed by atoms with Gasteiger partial charge in [-0.25, -0.2) is 9.13 Å². The summed E-state index contributed by atoms with van der Waals surface area (Å²) in [5.41, 5.74) is 0. The predicted molar refractivity (Wildman–Crippen MR) is 363 cm³/mol. The Morgan fingerprint density at radius 2 is 0.511 bits per heavy atom. The van der Waals surface area contributed by atoms with Gasteiger partial charge < -0.3 is 33.8 Å². The minimum Gasteiger partial charge on any atom is -0.462 e. The summed E-state index contributed by atoms with van der Waals surface area (Å²) in [6.45, 7) is 11.8. The highest BCUT2D eigenvalue weighted by Crippen LogP contribution is 2.45. The fourth-order valence-electron chi connectivity index (χ4n) is 10.7. The first-order valence-corrected chi connectivity index (χ1v) is 39.8. The molecule has 0 saturated carbocycles. The second kappa shape index (κ2) is 61.9. The van der Waals surface area contributed by atoms with Crippen molar-refractivity contribution < 1.29 is 80.2 Å².